The molecule has 1 spiro atoms. The molecular weight excluding hydrogens is 252 g/mol. The SMILES string of the molecule is Cc1cc(OC2COC3(CCNCC3)C2)ccc1C#N. The van der Waals surface area contributed by atoms with E-state index in [0.717, 1.165) is 43.7 Å². The topological polar surface area (TPSA) is 54.3 Å². The van der Waals surface area contributed by atoms with Crippen molar-refractivity contribution in [3.8, 4) is 11.8 Å². The standard InChI is InChI=1S/C16H20N2O2/c1-12-8-14(3-2-13(12)10-17)20-15-9-16(19-11-15)4-6-18-7-5-16/h2-3,8,15,18H,4-7,9,11H2,1H3. The maximum Gasteiger partial charge on any atom is 0.125 e. The lowest BCUT2D eigenvalue weighted by atomic mass is 9.89. The molecule has 1 N–H and O–H groups in total. The smallest absolute Gasteiger partial charge is 0.125 e. The third-order valence-electron chi connectivity index (χ3n) is 4.31. The number of aryl methyl sites for hydroxylation is 1. The summed E-state index contributed by atoms with van der Waals surface area (Å²) in [4.78, 5) is 0. The van der Waals surface area contributed by atoms with Crippen molar-refractivity contribution in [3.05, 3.63) is 29.3 Å². The van der Waals surface area contributed by atoms with E-state index in [0.29, 0.717) is 12.2 Å². The van der Waals surface area contributed by atoms with Crippen LogP contribution in [0, 0.1) is 18.3 Å². The molecule has 2 fully saturated rings. The second-order valence-corrected chi connectivity index (χ2v) is 5.78. The van der Waals surface area contributed by atoms with Crippen LogP contribution < -0.4 is 10.1 Å². The van der Waals surface area contributed by atoms with Gasteiger partial charge in [0.2, 0.25) is 0 Å². The Hall–Kier alpha value is -1.57. The van der Waals surface area contributed by atoms with Gasteiger partial charge in [-0.15, -0.1) is 0 Å². The van der Waals surface area contributed by atoms with E-state index >= 15 is 0 Å². The van der Waals surface area contributed by atoms with Crippen molar-refractivity contribution in [1.29, 1.82) is 5.26 Å². The molecule has 0 aliphatic carbocycles. The highest BCUT2D eigenvalue weighted by Crippen LogP contribution is 2.35. The molecule has 0 aromatic heterocycles. The number of benzene rings is 1. The summed E-state index contributed by atoms with van der Waals surface area (Å²) in [6.45, 7) is 4.66. The van der Waals surface area contributed by atoms with Crippen LogP contribution in [0.2, 0.25) is 0 Å². The maximum atomic E-state index is 8.94. The third kappa shape index (κ3) is 2.65. The zero-order chi connectivity index (χ0) is 14.0. The number of nitrogens with one attached hydrogen (secondary N) is 1. The lowest BCUT2D eigenvalue weighted by Gasteiger charge is -2.32. The largest absolute Gasteiger partial charge is 0.488 e. The van der Waals surface area contributed by atoms with Crippen molar-refractivity contribution in [2.24, 2.45) is 0 Å². The molecular formula is C16H20N2O2. The van der Waals surface area contributed by atoms with Crippen LogP contribution >= 0.6 is 0 Å². The fourth-order valence-corrected chi connectivity index (χ4v) is 3.14. The summed E-state index contributed by atoms with van der Waals surface area (Å²) in [5.41, 5.74) is 1.69. The Morgan fingerprint density at radius 3 is 2.90 bits per heavy atom. The first-order valence-electron chi connectivity index (χ1n) is 7.23. The highest BCUT2D eigenvalue weighted by atomic mass is 16.6. The lowest BCUT2D eigenvalue weighted by molar-refractivity contribution is -0.0205. The van der Waals surface area contributed by atoms with Crippen molar-refractivity contribution < 1.29 is 9.47 Å². The molecule has 4 heteroatoms. The average Bonchev–Trinajstić information content (AvgIpc) is 2.82. The minimum atomic E-state index is 0.0254. The minimum absolute atomic E-state index is 0.0254. The number of hydrogen-bond donors (Lipinski definition) is 1. The Kier molecular flexibility index (Phi) is 3.64. The number of ether oxygens (including phenoxy) is 2. The summed E-state index contributed by atoms with van der Waals surface area (Å²) in [5, 5.41) is 12.3. The van der Waals surface area contributed by atoms with Crippen LogP contribution in [0.15, 0.2) is 18.2 Å². The van der Waals surface area contributed by atoms with E-state index in [1.807, 2.05) is 25.1 Å². The summed E-state index contributed by atoms with van der Waals surface area (Å²) in [6, 6.07) is 7.81. The van der Waals surface area contributed by atoms with E-state index in [-0.39, 0.29) is 11.7 Å². The van der Waals surface area contributed by atoms with Gasteiger partial charge in [0.15, 0.2) is 0 Å². The summed E-state index contributed by atoms with van der Waals surface area (Å²) in [7, 11) is 0. The number of nitriles is 1. The molecule has 1 unspecified atom stereocenters. The molecule has 2 aliphatic rings. The van der Waals surface area contributed by atoms with Gasteiger partial charge in [-0.25, -0.2) is 0 Å². The molecule has 2 heterocycles. The van der Waals surface area contributed by atoms with Crippen LogP contribution in [0.25, 0.3) is 0 Å². The van der Waals surface area contributed by atoms with Gasteiger partial charge in [0, 0.05) is 6.42 Å². The molecule has 4 nitrogen and oxygen atoms in total. The summed E-state index contributed by atoms with van der Waals surface area (Å²) >= 11 is 0. The molecule has 0 amide bonds. The molecule has 1 atom stereocenters. The fourth-order valence-electron chi connectivity index (χ4n) is 3.14. The second kappa shape index (κ2) is 5.43. The predicted molar refractivity (Wildman–Crippen MR) is 75.7 cm³/mol. The Labute approximate surface area is 119 Å². The van der Waals surface area contributed by atoms with Crippen LogP contribution in [-0.2, 0) is 4.74 Å². The summed E-state index contributed by atoms with van der Waals surface area (Å²) in [6.07, 6.45) is 3.23. The maximum absolute atomic E-state index is 8.94. The molecule has 1 aromatic carbocycles. The number of nitrogens with zero attached hydrogens (tertiary/aromatic N) is 1. The van der Waals surface area contributed by atoms with E-state index < -0.39 is 0 Å². The van der Waals surface area contributed by atoms with Crippen molar-refractivity contribution in [3.63, 3.8) is 0 Å². The molecule has 2 aliphatic heterocycles. The second-order valence-electron chi connectivity index (χ2n) is 5.78. The summed E-state index contributed by atoms with van der Waals surface area (Å²) in [5.74, 6) is 0.834. The molecule has 3 rings (SSSR count). The van der Waals surface area contributed by atoms with Gasteiger partial charge in [-0.2, -0.15) is 5.26 Å². The molecule has 2 saturated heterocycles. The first-order valence-corrected chi connectivity index (χ1v) is 7.23. The van der Waals surface area contributed by atoms with E-state index in [4.69, 9.17) is 14.7 Å². The van der Waals surface area contributed by atoms with Crippen molar-refractivity contribution in [2.75, 3.05) is 19.7 Å². The number of rotatable bonds is 2. The van der Waals surface area contributed by atoms with Crippen molar-refractivity contribution in [2.45, 2.75) is 37.9 Å². The normalized spacial score (nSPS) is 24.5. The number of piperidine rings is 1. The van der Waals surface area contributed by atoms with Gasteiger partial charge in [-0.05, 0) is 56.6 Å². The molecule has 0 bridgehead atoms. The van der Waals surface area contributed by atoms with E-state index in [1.165, 1.54) is 0 Å². The lowest BCUT2D eigenvalue weighted by Crippen LogP contribution is -2.41. The third-order valence-corrected chi connectivity index (χ3v) is 4.31. The van der Waals surface area contributed by atoms with Crippen LogP contribution in [0.3, 0.4) is 0 Å². The Bertz CT molecular complexity index is 530. The average molecular weight is 272 g/mol. The first kappa shape index (κ1) is 13.4. The van der Waals surface area contributed by atoms with Crippen LogP contribution in [0.4, 0.5) is 0 Å². The van der Waals surface area contributed by atoms with Gasteiger partial charge in [0.05, 0.1) is 23.8 Å². The molecule has 0 radical (unpaired) electrons. The minimum Gasteiger partial charge on any atom is -0.488 e. The Morgan fingerprint density at radius 1 is 1.40 bits per heavy atom. The van der Waals surface area contributed by atoms with Crippen LogP contribution in [-0.4, -0.2) is 31.4 Å². The van der Waals surface area contributed by atoms with E-state index in [2.05, 4.69) is 11.4 Å². The zero-order valence-electron chi connectivity index (χ0n) is 11.8. The van der Waals surface area contributed by atoms with Gasteiger partial charge in [0.25, 0.3) is 0 Å². The van der Waals surface area contributed by atoms with Crippen LogP contribution in [0.5, 0.6) is 5.75 Å². The quantitative estimate of drug-likeness (QED) is 0.896. The molecule has 20 heavy (non-hydrogen) atoms. The van der Waals surface area contributed by atoms with E-state index in [9.17, 15) is 0 Å². The van der Waals surface area contributed by atoms with Crippen LogP contribution in [0.1, 0.15) is 30.4 Å². The van der Waals surface area contributed by atoms with Gasteiger partial charge in [-0.1, -0.05) is 0 Å². The van der Waals surface area contributed by atoms with Gasteiger partial charge in [-0.3, -0.25) is 0 Å². The first-order chi connectivity index (χ1) is 9.71. The van der Waals surface area contributed by atoms with Gasteiger partial charge >= 0.3 is 0 Å². The summed E-state index contributed by atoms with van der Waals surface area (Å²) < 4.78 is 12.1. The molecule has 0 saturated carbocycles. The molecule has 1 aromatic rings. The predicted octanol–water partition coefficient (Wildman–Crippen LogP) is 2.16. The fraction of sp³-hybridized carbons (Fsp3) is 0.562. The van der Waals surface area contributed by atoms with Crippen molar-refractivity contribution >= 4 is 0 Å². The Balaban J connectivity index is 1.64. The highest BCUT2D eigenvalue weighted by Gasteiger charge is 2.42. The highest BCUT2D eigenvalue weighted by molar-refractivity contribution is 5.41. The monoisotopic (exact) mass is 272 g/mol. The van der Waals surface area contributed by atoms with Crippen molar-refractivity contribution in [1.82, 2.24) is 5.32 Å². The number of hydrogen-bond acceptors (Lipinski definition) is 4. The van der Waals surface area contributed by atoms with Gasteiger partial charge < -0.3 is 14.8 Å². The molecule has 106 valence electrons. The Morgan fingerprint density at radius 2 is 2.20 bits per heavy atom. The van der Waals surface area contributed by atoms with Gasteiger partial charge in [0.1, 0.15) is 11.9 Å². The zero-order valence-corrected chi connectivity index (χ0v) is 11.8. The van der Waals surface area contributed by atoms with E-state index in [1.54, 1.807) is 0 Å².